The van der Waals surface area contributed by atoms with Crippen molar-refractivity contribution in [3.05, 3.63) is 16.1 Å². The van der Waals surface area contributed by atoms with Gasteiger partial charge in [-0.15, -0.1) is 11.3 Å². The van der Waals surface area contributed by atoms with Gasteiger partial charge < -0.3 is 10.2 Å². The van der Waals surface area contributed by atoms with Gasteiger partial charge in [0.05, 0.1) is 28.8 Å². The smallest absolute Gasteiger partial charge is 0.317 e. The summed E-state index contributed by atoms with van der Waals surface area (Å²) in [6.45, 7) is 2.84. The first-order chi connectivity index (χ1) is 11.0. The highest BCUT2D eigenvalue weighted by atomic mass is 32.2. The number of rotatable bonds is 4. The molecule has 3 rings (SSSR count). The van der Waals surface area contributed by atoms with Crippen LogP contribution >= 0.6 is 11.3 Å². The van der Waals surface area contributed by atoms with Gasteiger partial charge in [-0.3, -0.25) is 0 Å². The fraction of sp³-hybridized carbons (Fsp3) is 0.733. The molecule has 6 nitrogen and oxygen atoms in total. The summed E-state index contributed by atoms with van der Waals surface area (Å²) in [5.74, 6) is 0.552. The van der Waals surface area contributed by atoms with E-state index in [4.69, 9.17) is 0 Å². The third-order valence-electron chi connectivity index (χ3n) is 4.90. The van der Waals surface area contributed by atoms with E-state index in [1.807, 2.05) is 12.4 Å². The standard InChI is InChI=1S/C15H23N3O3S2/c1-11-14(22-10-17-11)5-6-16-15(19)18-7-8-23(20,21)9-13(18)12-3-2-4-12/h10,12-13H,2-9H2,1H3,(H,16,19). The molecule has 1 aromatic heterocycles. The number of carbonyl (C=O) groups is 1. The number of amides is 2. The van der Waals surface area contributed by atoms with Crippen LogP contribution in [-0.4, -0.2) is 55.0 Å². The maximum atomic E-state index is 12.5. The highest BCUT2D eigenvalue weighted by molar-refractivity contribution is 7.91. The molecule has 1 saturated heterocycles. The third kappa shape index (κ3) is 3.85. The van der Waals surface area contributed by atoms with Gasteiger partial charge in [0, 0.05) is 24.4 Å². The maximum Gasteiger partial charge on any atom is 0.317 e. The number of aryl methyl sites for hydroxylation is 1. The first-order valence-electron chi connectivity index (χ1n) is 8.10. The topological polar surface area (TPSA) is 79.4 Å². The van der Waals surface area contributed by atoms with Crippen LogP contribution in [0.4, 0.5) is 4.79 Å². The molecule has 1 aromatic rings. The number of nitrogens with one attached hydrogen (secondary N) is 1. The number of nitrogens with zero attached hydrogens (tertiary/aromatic N) is 2. The molecular formula is C15H23N3O3S2. The summed E-state index contributed by atoms with van der Waals surface area (Å²) in [6.07, 6.45) is 3.97. The van der Waals surface area contributed by atoms with Crippen molar-refractivity contribution in [3.63, 3.8) is 0 Å². The Balaban J connectivity index is 1.57. The second kappa shape index (κ2) is 6.76. The second-order valence-corrected chi connectivity index (χ2v) is 9.58. The predicted molar refractivity (Wildman–Crippen MR) is 90.4 cm³/mol. The Labute approximate surface area is 141 Å². The molecule has 1 aliphatic carbocycles. The normalized spacial score (nSPS) is 24.2. The molecular weight excluding hydrogens is 334 g/mol. The molecule has 2 amide bonds. The Hall–Kier alpha value is -1.15. The SMILES string of the molecule is Cc1ncsc1CCNC(=O)N1CCS(=O)(=O)CC1C1CCC1. The molecule has 2 aliphatic rings. The molecule has 23 heavy (non-hydrogen) atoms. The van der Waals surface area contributed by atoms with E-state index in [1.54, 1.807) is 16.2 Å². The number of aromatic nitrogens is 1. The van der Waals surface area contributed by atoms with Gasteiger partial charge in [-0.1, -0.05) is 6.42 Å². The zero-order valence-corrected chi connectivity index (χ0v) is 15.0. The molecule has 1 unspecified atom stereocenters. The summed E-state index contributed by atoms with van der Waals surface area (Å²) in [7, 11) is -3.01. The van der Waals surface area contributed by atoms with E-state index < -0.39 is 9.84 Å². The van der Waals surface area contributed by atoms with Gasteiger partial charge >= 0.3 is 6.03 Å². The summed E-state index contributed by atoms with van der Waals surface area (Å²) in [4.78, 5) is 19.6. The van der Waals surface area contributed by atoms with Gasteiger partial charge in [0.25, 0.3) is 0 Å². The van der Waals surface area contributed by atoms with E-state index in [9.17, 15) is 13.2 Å². The van der Waals surface area contributed by atoms with E-state index in [-0.39, 0.29) is 23.6 Å². The lowest BCUT2D eigenvalue weighted by Crippen LogP contribution is -2.58. The summed E-state index contributed by atoms with van der Waals surface area (Å²) >= 11 is 1.60. The van der Waals surface area contributed by atoms with E-state index in [2.05, 4.69) is 10.3 Å². The number of hydrogen-bond donors (Lipinski definition) is 1. The molecule has 0 radical (unpaired) electrons. The molecule has 2 heterocycles. The van der Waals surface area contributed by atoms with Gasteiger partial charge in [0.1, 0.15) is 0 Å². The molecule has 8 heteroatoms. The molecule has 1 saturated carbocycles. The average molecular weight is 358 g/mol. The fourth-order valence-electron chi connectivity index (χ4n) is 3.25. The summed E-state index contributed by atoms with van der Waals surface area (Å²) < 4.78 is 23.8. The average Bonchev–Trinajstić information content (AvgIpc) is 2.81. The minimum Gasteiger partial charge on any atom is -0.338 e. The molecule has 1 N–H and O–H groups in total. The molecule has 1 atom stereocenters. The fourth-order valence-corrected chi connectivity index (χ4v) is 5.65. The van der Waals surface area contributed by atoms with Crippen LogP contribution in [0.5, 0.6) is 0 Å². The van der Waals surface area contributed by atoms with Crippen molar-refractivity contribution in [2.75, 3.05) is 24.6 Å². The highest BCUT2D eigenvalue weighted by Gasteiger charge is 2.40. The van der Waals surface area contributed by atoms with Crippen molar-refractivity contribution < 1.29 is 13.2 Å². The van der Waals surface area contributed by atoms with Gasteiger partial charge in [0.2, 0.25) is 0 Å². The second-order valence-electron chi connectivity index (χ2n) is 6.41. The van der Waals surface area contributed by atoms with Crippen molar-refractivity contribution >= 4 is 27.2 Å². The summed E-state index contributed by atoms with van der Waals surface area (Å²) in [5.41, 5.74) is 2.83. The Morgan fingerprint density at radius 3 is 2.87 bits per heavy atom. The molecule has 128 valence electrons. The minimum atomic E-state index is -3.01. The van der Waals surface area contributed by atoms with Crippen LogP contribution in [0.1, 0.15) is 29.8 Å². The van der Waals surface area contributed by atoms with E-state index in [1.165, 1.54) is 4.88 Å². The van der Waals surface area contributed by atoms with Crippen molar-refractivity contribution in [3.8, 4) is 0 Å². The maximum absolute atomic E-state index is 12.5. The Morgan fingerprint density at radius 2 is 2.26 bits per heavy atom. The molecule has 0 bridgehead atoms. The first-order valence-corrected chi connectivity index (χ1v) is 10.8. The third-order valence-corrected chi connectivity index (χ3v) is 7.55. The van der Waals surface area contributed by atoms with E-state index >= 15 is 0 Å². The summed E-state index contributed by atoms with van der Waals surface area (Å²) in [5, 5.41) is 2.95. The zero-order chi connectivity index (χ0) is 16.4. The van der Waals surface area contributed by atoms with Gasteiger partial charge in [-0.2, -0.15) is 0 Å². The van der Waals surface area contributed by atoms with Crippen LogP contribution in [0.15, 0.2) is 5.51 Å². The largest absolute Gasteiger partial charge is 0.338 e. The van der Waals surface area contributed by atoms with Crippen molar-refractivity contribution in [2.45, 2.75) is 38.6 Å². The van der Waals surface area contributed by atoms with Crippen molar-refractivity contribution in [2.24, 2.45) is 5.92 Å². The van der Waals surface area contributed by atoms with Crippen LogP contribution in [0.2, 0.25) is 0 Å². The number of thiazole rings is 1. The summed E-state index contributed by atoms with van der Waals surface area (Å²) in [6, 6.07) is -0.272. The molecule has 0 spiro atoms. The van der Waals surface area contributed by atoms with Crippen LogP contribution in [0.25, 0.3) is 0 Å². The molecule has 1 aliphatic heterocycles. The Bertz CT molecular complexity index is 667. The Morgan fingerprint density at radius 1 is 1.48 bits per heavy atom. The number of sulfone groups is 1. The van der Waals surface area contributed by atoms with E-state index in [0.29, 0.717) is 19.0 Å². The van der Waals surface area contributed by atoms with Gasteiger partial charge in [-0.05, 0) is 25.7 Å². The lowest BCUT2D eigenvalue weighted by molar-refractivity contribution is 0.123. The zero-order valence-electron chi connectivity index (χ0n) is 13.3. The van der Waals surface area contributed by atoms with Crippen molar-refractivity contribution in [1.82, 2.24) is 15.2 Å². The predicted octanol–water partition coefficient (Wildman–Crippen LogP) is 1.60. The van der Waals surface area contributed by atoms with Crippen LogP contribution in [0, 0.1) is 12.8 Å². The monoisotopic (exact) mass is 357 g/mol. The number of urea groups is 1. The van der Waals surface area contributed by atoms with Crippen LogP contribution in [-0.2, 0) is 16.3 Å². The molecule has 2 fully saturated rings. The quantitative estimate of drug-likeness (QED) is 0.888. The Kier molecular flexibility index (Phi) is 4.91. The van der Waals surface area contributed by atoms with Gasteiger partial charge in [0.15, 0.2) is 9.84 Å². The minimum absolute atomic E-state index is 0.0809. The van der Waals surface area contributed by atoms with Crippen LogP contribution < -0.4 is 5.32 Å². The van der Waals surface area contributed by atoms with E-state index in [0.717, 1.165) is 31.4 Å². The first kappa shape index (κ1) is 16.7. The lowest BCUT2D eigenvalue weighted by Gasteiger charge is -2.43. The number of carbonyl (C=O) groups excluding carboxylic acids is 1. The molecule has 0 aromatic carbocycles. The van der Waals surface area contributed by atoms with Crippen LogP contribution in [0.3, 0.4) is 0 Å². The van der Waals surface area contributed by atoms with Crippen molar-refractivity contribution in [1.29, 1.82) is 0 Å². The van der Waals surface area contributed by atoms with Gasteiger partial charge in [-0.25, -0.2) is 18.2 Å². The highest BCUT2D eigenvalue weighted by Crippen LogP contribution is 2.34. The number of hydrogen-bond acceptors (Lipinski definition) is 5. The lowest BCUT2D eigenvalue weighted by atomic mass is 9.79.